The molecular formula is C31H42N4O8S. The highest BCUT2D eigenvalue weighted by atomic mass is 32.2. The molecule has 2 N–H and O–H groups in total. The molecule has 1 amide bonds. The van der Waals surface area contributed by atoms with E-state index in [-0.39, 0.29) is 17.7 Å². The molecular weight excluding hydrogens is 588 g/mol. The number of aromatic nitrogens is 2. The van der Waals surface area contributed by atoms with Crippen LogP contribution < -0.4 is 15.0 Å². The van der Waals surface area contributed by atoms with Crippen molar-refractivity contribution in [3.05, 3.63) is 53.9 Å². The highest BCUT2D eigenvalue weighted by molar-refractivity contribution is 7.93. The molecule has 0 aliphatic carbocycles. The second kappa shape index (κ2) is 15.0. The number of hydroxylamine groups is 1. The number of ether oxygens (including phenoxy) is 3. The minimum Gasteiger partial charge on any atom is -0.494 e. The van der Waals surface area contributed by atoms with Gasteiger partial charge in [0.15, 0.2) is 14.6 Å². The van der Waals surface area contributed by atoms with Crippen LogP contribution in [0.15, 0.2) is 51.9 Å². The molecule has 2 heterocycles. The Kier molecular flexibility index (Phi) is 11.4. The zero-order valence-electron chi connectivity index (χ0n) is 25.7. The highest BCUT2D eigenvalue weighted by Gasteiger charge is 2.52. The van der Waals surface area contributed by atoms with Crippen LogP contribution in [0.25, 0.3) is 11.4 Å². The molecule has 0 bridgehead atoms. The van der Waals surface area contributed by atoms with Crippen LogP contribution in [0, 0.1) is 12.8 Å². The number of carbonyl (C=O) groups is 1. The van der Waals surface area contributed by atoms with Crippen LogP contribution in [0.3, 0.4) is 0 Å². The third kappa shape index (κ3) is 7.76. The molecule has 0 saturated carbocycles. The van der Waals surface area contributed by atoms with Gasteiger partial charge in [-0.25, -0.2) is 13.9 Å². The van der Waals surface area contributed by atoms with E-state index in [9.17, 15) is 18.4 Å². The predicted octanol–water partition coefficient (Wildman–Crippen LogP) is 3.85. The lowest BCUT2D eigenvalue weighted by Gasteiger charge is -2.39. The number of benzene rings is 2. The average Bonchev–Trinajstić information content (AvgIpc) is 3.49. The zero-order valence-corrected chi connectivity index (χ0v) is 26.6. The van der Waals surface area contributed by atoms with Gasteiger partial charge in [-0.05, 0) is 80.1 Å². The van der Waals surface area contributed by atoms with E-state index in [0.29, 0.717) is 75.7 Å². The molecule has 0 radical (unpaired) electrons. The molecule has 1 aliphatic heterocycles. The Labute approximate surface area is 258 Å². The number of nitrogens with one attached hydrogen (secondary N) is 1. The maximum atomic E-state index is 13.7. The van der Waals surface area contributed by atoms with Gasteiger partial charge in [0.2, 0.25) is 11.7 Å². The molecule has 2 aromatic carbocycles. The van der Waals surface area contributed by atoms with E-state index in [2.05, 4.69) is 24.0 Å². The number of methoxy groups -OCH3 is 1. The van der Waals surface area contributed by atoms with E-state index in [1.165, 1.54) is 12.1 Å². The number of sulfone groups is 1. The summed E-state index contributed by atoms with van der Waals surface area (Å²) in [7, 11) is -2.51. The second-order valence-corrected chi connectivity index (χ2v) is 13.6. The summed E-state index contributed by atoms with van der Waals surface area (Å²) in [4.78, 5) is 19.3. The van der Waals surface area contributed by atoms with Gasteiger partial charge in [-0.2, -0.15) is 4.98 Å². The first kappa shape index (κ1) is 33.4. The van der Waals surface area contributed by atoms with Crippen molar-refractivity contribution >= 4 is 15.7 Å². The van der Waals surface area contributed by atoms with Gasteiger partial charge in [-0.3, -0.25) is 10.0 Å². The summed E-state index contributed by atoms with van der Waals surface area (Å²) >= 11 is 0. The molecule has 0 unspecified atom stereocenters. The number of amides is 1. The Morgan fingerprint density at radius 3 is 2.43 bits per heavy atom. The molecule has 12 nitrogen and oxygen atoms in total. The Hall–Kier alpha value is -3.52. The SMILES string of the molecule is COCCN1CCC(C(=O)NO)(S(=O)(=O)c2ccc(OCCCc3nc(-c4ccc(OCC(C)C)cc4C)no3)cc2)CC1. The molecule has 1 aliphatic rings. The van der Waals surface area contributed by atoms with Crippen LogP contribution in [0.5, 0.6) is 11.5 Å². The Morgan fingerprint density at radius 2 is 1.80 bits per heavy atom. The highest BCUT2D eigenvalue weighted by Crippen LogP contribution is 2.36. The normalized spacial score (nSPS) is 15.3. The van der Waals surface area contributed by atoms with Crippen molar-refractivity contribution in [1.82, 2.24) is 20.5 Å². The summed E-state index contributed by atoms with van der Waals surface area (Å²) in [6.07, 6.45) is 1.22. The van der Waals surface area contributed by atoms with Gasteiger partial charge in [0, 0.05) is 38.7 Å². The zero-order chi connectivity index (χ0) is 31.7. The fourth-order valence-corrected chi connectivity index (χ4v) is 7.09. The maximum Gasteiger partial charge on any atom is 0.265 e. The molecule has 1 saturated heterocycles. The topological polar surface area (TPSA) is 153 Å². The van der Waals surface area contributed by atoms with Gasteiger partial charge in [-0.15, -0.1) is 0 Å². The summed E-state index contributed by atoms with van der Waals surface area (Å²) in [5.41, 5.74) is 3.45. The summed E-state index contributed by atoms with van der Waals surface area (Å²) in [6.45, 7) is 9.09. The van der Waals surface area contributed by atoms with Crippen LogP contribution in [0.1, 0.15) is 44.6 Å². The van der Waals surface area contributed by atoms with Crippen molar-refractivity contribution in [1.29, 1.82) is 0 Å². The van der Waals surface area contributed by atoms with Crippen LogP contribution in [0.2, 0.25) is 0 Å². The van der Waals surface area contributed by atoms with Gasteiger partial charge in [0.25, 0.3) is 5.91 Å². The van der Waals surface area contributed by atoms with Crippen LogP contribution in [-0.2, 0) is 25.8 Å². The third-order valence-corrected chi connectivity index (χ3v) is 10.2. The van der Waals surface area contributed by atoms with Gasteiger partial charge in [0.1, 0.15) is 11.5 Å². The number of nitrogens with zero attached hydrogens (tertiary/aromatic N) is 3. The quantitative estimate of drug-likeness (QED) is 0.143. The lowest BCUT2D eigenvalue weighted by atomic mass is 9.95. The Morgan fingerprint density at radius 1 is 1.09 bits per heavy atom. The number of piperidine rings is 1. The fourth-order valence-electron chi connectivity index (χ4n) is 5.14. The fraction of sp³-hybridized carbons (Fsp3) is 0.516. The molecule has 44 heavy (non-hydrogen) atoms. The summed E-state index contributed by atoms with van der Waals surface area (Å²) in [6, 6.07) is 11.8. The van der Waals surface area contributed by atoms with E-state index in [4.69, 9.17) is 18.7 Å². The molecule has 4 rings (SSSR count). The third-order valence-electron chi connectivity index (χ3n) is 7.73. The number of carbonyl (C=O) groups excluding carboxylic acids is 1. The lowest BCUT2D eigenvalue weighted by Crippen LogP contribution is -2.57. The smallest absolute Gasteiger partial charge is 0.265 e. The number of rotatable bonds is 15. The molecule has 1 fully saturated rings. The average molecular weight is 631 g/mol. The molecule has 13 heteroatoms. The van der Waals surface area contributed by atoms with Gasteiger partial charge in [0.05, 0.1) is 24.7 Å². The van der Waals surface area contributed by atoms with E-state index < -0.39 is 20.5 Å². The van der Waals surface area contributed by atoms with Gasteiger partial charge >= 0.3 is 0 Å². The predicted molar refractivity (Wildman–Crippen MR) is 162 cm³/mol. The molecule has 1 aromatic heterocycles. The Balaban J connectivity index is 1.31. The minimum absolute atomic E-state index is 0.00742. The monoisotopic (exact) mass is 630 g/mol. The summed E-state index contributed by atoms with van der Waals surface area (Å²) in [5.74, 6) is 1.82. The van der Waals surface area contributed by atoms with Crippen molar-refractivity contribution in [2.24, 2.45) is 5.92 Å². The van der Waals surface area contributed by atoms with Crippen LogP contribution >= 0.6 is 0 Å². The number of aryl methyl sites for hydroxylation is 2. The summed E-state index contributed by atoms with van der Waals surface area (Å²) < 4.78 is 47.7. The number of likely N-dealkylation sites (tertiary alicyclic amines) is 1. The van der Waals surface area contributed by atoms with Crippen molar-refractivity contribution < 1.29 is 37.2 Å². The van der Waals surface area contributed by atoms with Crippen LogP contribution in [-0.4, -0.2) is 85.9 Å². The van der Waals surface area contributed by atoms with Crippen LogP contribution in [0.4, 0.5) is 0 Å². The van der Waals surface area contributed by atoms with Crippen molar-refractivity contribution in [2.45, 2.75) is 56.1 Å². The largest absolute Gasteiger partial charge is 0.494 e. The van der Waals surface area contributed by atoms with E-state index in [0.717, 1.165) is 16.9 Å². The minimum atomic E-state index is -4.11. The number of hydrogen-bond donors (Lipinski definition) is 2. The molecule has 0 atom stereocenters. The van der Waals surface area contributed by atoms with Crippen molar-refractivity contribution in [2.75, 3.05) is 46.6 Å². The van der Waals surface area contributed by atoms with E-state index in [1.54, 1.807) is 24.7 Å². The molecule has 0 spiro atoms. The van der Waals surface area contributed by atoms with Gasteiger partial charge < -0.3 is 23.6 Å². The Bertz CT molecular complexity index is 1480. The van der Waals surface area contributed by atoms with E-state index in [1.807, 2.05) is 30.0 Å². The first-order valence-corrected chi connectivity index (χ1v) is 16.3. The maximum absolute atomic E-state index is 13.7. The van der Waals surface area contributed by atoms with Crippen molar-refractivity contribution in [3.8, 4) is 22.9 Å². The lowest BCUT2D eigenvalue weighted by molar-refractivity contribution is -0.133. The second-order valence-electron chi connectivity index (χ2n) is 11.4. The molecule has 240 valence electrons. The van der Waals surface area contributed by atoms with Crippen molar-refractivity contribution in [3.63, 3.8) is 0 Å². The first-order chi connectivity index (χ1) is 21.1. The first-order valence-electron chi connectivity index (χ1n) is 14.8. The van der Waals surface area contributed by atoms with Gasteiger partial charge in [-0.1, -0.05) is 19.0 Å². The van der Waals surface area contributed by atoms with E-state index >= 15 is 0 Å². The summed E-state index contributed by atoms with van der Waals surface area (Å²) in [5, 5.41) is 13.5. The molecule has 3 aromatic rings. The standard InChI is InChI=1S/C31H42N4O8S/c1-22(2)21-42-25-9-12-27(23(3)20-25)29-32-28(43-34-29)6-5-18-41-24-7-10-26(11-8-24)44(38,39)31(30(36)33-37)13-15-35(16-14-31)17-19-40-4/h7-12,20,22,37H,5-6,13-19,21H2,1-4H3,(H,33,36). The number of hydrogen-bond acceptors (Lipinski definition) is 11.